The van der Waals surface area contributed by atoms with Crippen molar-refractivity contribution in [3.05, 3.63) is 53.1 Å². The van der Waals surface area contributed by atoms with E-state index in [4.69, 9.17) is 5.10 Å². The number of hydrogen-bond donors (Lipinski definition) is 1. The minimum Gasteiger partial charge on any atom is -0.351 e. The van der Waals surface area contributed by atoms with Gasteiger partial charge in [-0.15, -0.1) is 0 Å². The predicted molar refractivity (Wildman–Crippen MR) is 125 cm³/mol. The van der Waals surface area contributed by atoms with Crippen molar-refractivity contribution in [2.45, 2.75) is 96.3 Å². The van der Waals surface area contributed by atoms with Crippen LogP contribution in [0.5, 0.6) is 0 Å². The summed E-state index contributed by atoms with van der Waals surface area (Å²) in [6.45, 7) is 8.50. The molecule has 0 spiro atoms. The number of carbonyl (C=O) groups excluding carboxylic acids is 2. The van der Waals surface area contributed by atoms with E-state index >= 15 is 0 Å². The molecule has 1 N–H and O–H groups in total. The summed E-state index contributed by atoms with van der Waals surface area (Å²) in [4.78, 5) is 29.0. The predicted octanol–water partition coefficient (Wildman–Crippen LogP) is 4.57. The number of amides is 2. The summed E-state index contributed by atoms with van der Waals surface area (Å²) < 4.78 is 15.2. The number of carbonyl (C=O) groups is 2. The van der Waals surface area contributed by atoms with Crippen molar-refractivity contribution in [3.63, 3.8) is 0 Å². The molecule has 4 rings (SSSR count). The molecule has 7 heteroatoms. The molecule has 2 amide bonds. The van der Waals surface area contributed by atoms with Crippen LogP contribution in [0.1, 0.15) is 88.0 Å². The average Bonchev–Trinajstić information content (AvgIpc) is 3.02. The van der Waals surface area contributed by atoms with E-state index in [2.05, 4.69) is 26.1 Å². The number of nitrogens with zero attached hydrogens (tertiary/aromatic N) is 3. The second-order valence-corrected chi connectivity index (χ2v) is 10.8. The second-order valence-electron chi connectivity index (χ2n) is 10.8. The molecule has 33 heavy (non-hydrogen) atoms. The number of nitrogens with one attached hydrogen (secondary N) is 1. The van der Waals surface area contributed by atoms with Crippen molar-refractivity contribution in [2.24, 2.45) is 0 Å². The SMILES string of the molecule is CC(C)(C)c1cc2n(n1)CC(C)(C(=O)NC1CCCCCC1)N(Cc1ccc(F)cc1)C2=O. The summed E-state index contributed by atoms with van der Waals surface area (Å²) >= 11 is 0. The summed E-state index contributed by atoms with van der Waals surface area (Å²) in [6, 6.07) is 8.06. The van der Waals surface area contributed by atoms with Crippen molar-refractivity contribution in [1.29, 1.82) is 0 Å². The van der Waals surface area contributed by atoms with E-state index in [-0.39, 0.29) is 42.2 Å². The van der Waals surface area contributed by atoms with Gasteiger partial charge in [0.1, 0.15) is 17.1 Å². The summed E-state index contributed by atoms with van der Waals surface area (Å²) in [7, 11) is 0. The van der Waals surface area contributed by atoms with Crippen molar-refractivity contribution in [1.82, 2.24) is 20.0 Å². The molecule has 0 radical (unpaired) electrons. The Bertz CT molecular complexity index is 1020. The lowest BCUT2D eigenvalue weighted by atomic mass is 9.91. The van der Waals surface area contributed by atoms with Gasteiger partial charge in [0.15, 0.2) is 0 Å². The number of benzene rings is 1. The van der Waals surface area contributed by atoms with Gasteiger partial charge in [-0.1, -0.05) is 58.6 Å². The Balaban J connectivity index is 1.69. The number of aromatic nitrogens is 2. The summed E-state index contributed by atoms with van der Waals surface area (Å²) in [6.07, 6.45) is 6.55. The highest BCUT2D eigenvalue weighted by molar-refractivity contribution is 5.99. The Labute approximate surface area is 195 Å². The molecule has 1 aromatic carbocycles. The highest BCUT2D eigenvalue weighted by Gasteiger charge is 2.48. The minimum atomic E-state index is -1.11. The minimum absolute atomic E-state index is 0.128. The van der Waals surface area contributed by atoms with Crippen LogP contribution in [0.2, 0.25) is 0 Å². The third-order valence-corrected chi connectivity index (χ3v) is 7.00. The first kappa shape index (κ1) is 23.5. The first-order chi connectivity index (χ1) is 15.6. The molecule has 2 aromatic rings. The van der Waals surface area contributed by atoms with Gasteiger partial charge in [-0.25, -0.2) is 4.39 Å². The van der Waals surface area contributed by atoms with Crippen LogP contribution in [0.15, 0.2) is 30.3 Å². The number of halogens is 1. The third kappa shape index (κ3) is 4.82. The average molecular weight is 455 g/mol. The van der Waals surface area contributed by atoms with E-state index in [0.717, 1.165) is 36.9 Å². The van der Waals surface area contributed by atoms with Crippen molar-refractivity contribution in [2.75, 3.05) is 0 Å². The molecule has 178 valence electrons. The highest BCUT2D eigenvalue weighted by Crippen LogP contribution is 2.32. The summed E-state index contributed by atoms with van der Waals surface area (Å²) in [5.41, 5.74) is 0.766. The molecule has 0 saturated heterocycles. The zero-order chi connectivity index (χ0) is 23.8. The van der Waals surface area contributed by atoms with E-state index in [0.29, 0.717) is 5.69 Å². The van der Waals surface area contributed by atoms with Gasteiger partial charge >= 0.3 is 0 Å². The Morgan fingerprint density at radius 2 is 1.79 bits per heavy atom. The largest absolute Gasteiger partial charge is 0.351 e. The molecule has 1 aliphatic heterocycles. The van der Waals surface area contributed by atoms with Crippen molar-refractivity contribution < 1.29 is 14.0 Å². The van der Waals surface area contributed by atoms with Gasteiger partial charge < -0.3 is 10.2 Å². The topological polar surface area (TPSA) is 67.2 Å². The monoisotopic (exact) mass is 454 g/mol. The lowest BCUT2D eigenvalue weighted by molar-refractivity contribution is -0.134. The number of rotatable bonds is 4. The second kappa shape index (κ2) is 8.92. The fourth-order valence-electron chi connectivity index (χ4n) is 4.79. The number of hydrogen-bond acceptors (Lipinski definition) is 3. The lowest BCUT2D eigenvalue weighted by Crippen LogP contribution is -2.64. The van der Waals surface area contributed by atoms with E-state index < -0.39 is 5.54 Å². The molecule has 2 heterocycles. The van der Waals surface area contributed by atoms with Crippen molar-refractivity contribution in [3.8, 4) is 0 Å². The molecule has 1 saturated carbocycles. The van der Waals surface area contributed by atoms with Crippen LogP contribution in [-0.4, -0.2) is 38.1 Å². The van der Waals surface area contributed by atoms with Crippen LogP contribution in [0.25, 0.3) is 0 Å². The number of fused-ring (bicyclic) bond motifs is 1. The third-order valence-electron chi connectivity index (χ3n) is 7.00. The van der Waals surface area contributed by atoms with Crippen LogP contribution in [-0.2, 0) is 23.3 Å². The Morgan fingerprint density at radius 3 is 2.39 bits per heavy atom. The van der Waals surface area contributed by atoms with Crippen molar-refractivity contribution >= 4 is 11.8 Å². The van der Waals surface area contributed by atoms with Crippen LogP contribution in [0, 0.1) is 5.82 Å². The van der Waals surface area contributed by atoms with E-state index in [9.17, 15) is 14.0 Å². The maximum atomic E-state index is 13.7. The zero-order valence-corrected chi connectivity index (χ0v) is 20.2. The van der Waals surface area contributed by atoms with Crippen LogP contribution >= 0.6 is 0 Å². The molecule has 1 aromatic heterocycles. The molecule has 1 unspecified atom stereocenters. The Morgan fingerprint density at radius 1 is 1.15 bits per heavy atom. The van der Waals surface area contributed by atoms with E-state index in [1.54, 1.807) is 21.7 Å². The molecule has 0 bridgehead atoms. The lowest BCUT2D eigenvalue weighted by Gasteiger charge is -2.44. The van der Waals surface area contributed by atoms with Crippen LogP contribution in [0.4, 0.5) is 4.39 Å². The van der Waals surface area contributed by atoms with Gasteiger partial charge in [-0.05, 0) is 43.5 Å². The maximum absolute atomic E-state index is 13.7. The van der Waals surface area contributed by atoms with E-state index in [1.807, 2.05) is 13.0 Å². The Hall–Kier alpha value is -2.70. The first-order valence-corrected chi connectivity index (χ1v) is 12.0. The van der Waals surface area contributed by atoms with Gasteiger partial charge in [0.2, 0.25) is 5.91 Å². The summed E-state index contributed by atoms with van der Waals surface area (Å²) in [5, 5.41) is 7.95. The van der Waals surface area contributed by atoms with Gasteiger partial charge in [0.05, 0.1) is 12.2 Å². The van der Waals surface area contributed by atoms with Crippen LogP contribution < -0.4 is 5.32 Å². The normalized spacial score (nSPS) is 22.1. The smallest absolute Gasteiger partial charge is 0.273 e. The molecule has 6 nitrogen and oxygen atoms in total. The zero-order valence-electron chi connectivity index (χ0n) is 20.2. The quantitative estimate of drug-likeness (QED) is 0.688. The van der Waals surface area contributed by atoms with Gasteiger partial charge in [-0.2, -0.15) is 5.10 Å². The van der Waals surface area contributed by atoms with E-state index in [1.165, 1.54) is 25.0 Å². The Kier molecular flexibility index (Phi) is 6.34. The maximum Gasteiger partial charge on any atom is 0.273 e. The molecular weight excluding hydrogens is 419 g/mol. The molecule has 1 atom stereocenters. The van der Waals surface area contributed by atoms with Gasteiger partial charge in [-0.3, -0.25) is 14.3 Å². The highest BCUT2D eigenvalue weighted by atomic mass is 19.1. The molecule has 2 aliphatic rings. The fraction of sp³-hybridized carbons (Fsp3) is 0.577. The first-order valence-electron chi connectivity index (χ1n) is 12.0. The molecular formula is C26H35FN4O2. The molecule has 1 fully saturated rings. The summed E-state index contributed by atoms with van der Waals surface area (Å²) in [5.74, 6) is -0.708. The fourth-order valence-corrected chi connectivity index (χ4v) is 4.79. The van der Waals surface area contributed by atoms with Gasteiger partial charge in [0, 0.05) is 18.0 Å². The van der Waals surface area contributed by atoms with Gasteiger partial charge in [0.25, 0.3) is 5.91 Å². The van der Waals surface area contributed by atoms with Crippen LogP contribution in [0.3, 0.4) is 0 Å². The standard InChI is InChI=1S/C26H35FN4O2/c1-25(2,3)22-15-21-23(32)30(16-18-11-13-19(27)14-12-18)26(4,17-31(21)29-22)24(33)28-20-9-7-5-6-8-10-20/h11-15,20H,5-10,16-17H2,1-4H3,(H,28,33). The molecule has 1 aliphatic carbocycles.